The molecule has 21 heteroatoms. The van der Waals surface area contributed by atoms with Crippen LogP contribution < -0.4 is 17.0 Å². The second kappa shape index (κ2) is 11.1. The summed E-state index contributed by atoms with van der Waals surface area (Å²) in [5.74, 6) is 0.0250. The minimum absolute atomic E-state index is 0.0120. The highest BCUT2D eigenvalue weighted by atomic mass is 35.5. The first-order valence-corrected chi connectivity index (χ1v) is 13.9. The molecular formula is C19H23Cl2N8O10P. The van der Waals surface area contributed by atoms with E-state index in [4.69, 9.17) is 47.5 Å². The number of rotatable bonds is 8. The summed E-state index contributed by atoms with van der Waals surface area (Å²) in [6, 6.07) is 0. The Kier molecular flexibility index (Phi) is 8.01. The third-order valence-electron chi connectivity index (χ3n) is 6.24. The Bertz CT molecular complexity index is 1570. The van der Waals surface area contributed by atoms with E-state index in [1.54, 1.807) is 6.92 Å². The smallest absolute Gasteiger partial charge is 0.394 e. The van der Waals surface area contributed by atoms with Crippen LogP contribution in [0, 0.1) is 6.92 Å². The number of aromatic amines is 1. The molecule has 3 aromatic heterocycles. The van der Waals surface area contributed by atoms with Crippen LogP contribution in [0.25, 0.3) is 11.2 Å². The van der Waals surface area contributed by atoms with Gasteiger partial charge in [-0.1, -0.05) is 0 Å². The number of fused-ring (bicyclic) bond motifs is 1. The van der Waals surface area contributed by atoms with Crippen molar-refractivity contribution in [2.75, 3.05) is 18.9 Å². The highest BCUT2D eigenvalue weighted by Gasteiger charge is 2.50. The molecule has 9 atom stereocenters. The van der Waals surface area contributed by atoms with Gasteiger partial charge in [-0.15, -0.1) is 23.2 Å². The van der Waals surface area contributed by atoms with E-state index in [1.807, 2.05) is 0 Å². The average Bonchev–Trinajstić information content (AvgIpc) is 3.53. The van der Waals surface area contributed by atoms with Crippen LogP contribution in [0.2, 0.25) is 0 Å². The van der Waals surface area contributed by atoms with Gasteiger partial charge in [0.2, 0.25) is 5.95 Å². The molecule has 6 N–H and O–H groups in total. The molecule has 2 aliphatic rings. The summed E-state index contributed by atoms with van der Waals surface area (Å²) < 4.78 is 36.7. The number of nitrogens with two attached hydrogens (primary N) is 1. The molecule has 5 rings (SSSR count). The average molecular weight is 625 g/mol. The van der Waals surface area contributed by atoms with Crippen LogP contribution in [0.3, 0.4) is 0 Å². The van der Waals surface area contributed by atoms with E-state index in [9.17, 15) is 29.3 Å². The number of halogens is 2. The molecule has 0 saturated carbocycles. The standard InChI is InChI=1S/C19H23Cl2N8O10P/c1-6-25-14-11(15(32)26-6)23-4-28(14)17-10(21)13(7(2-30)37-17)39-40(34,35)36-3-8-12(31)9(20)16(38-8)29-5-24-18(22)27-19(29)33/h4-5,7-10,12-13,16-17,30-31H,2-3H2,1H3,(H,34,35)(H2,22,27,33)(H,25,26,32)/t7-,8-,9?,10?,12+,13+,16-,17-/m1/s1. The van der Waals surface area contributed by atoms with Crippen molar-refractivity contribution < 1.29 is 38.2 Å². The highest BCUT2D eigenvalue weighted by Crippen LogP contribution is 2.50. The lowest BCUT2D eigenvalue weighted by atomic mass is 10.2. The first kappa shape index (κ1) is 29.0. The summed E-state index contributed by atoms with van der Waals surface area (Å²) in [6.45, 7) is 0.225. The fraction of sp³-hybridized carbons (Fsp3) is 0.579. The molecule has 3 unspecified atom stereocenters. The summed E-state index contributed by atoms with van der Waals surface area (Å²) in [5.41, 5.74) is 4.20. The van der Waals surface area contributed by atoms with Crippen molar-refractivity contribution in [1.82, 2.24) is 34.1 Å². The molecular weight excluding hydrogens is 602 g/mol. The number of nitrogens with one attached hydrogen (secondary N) is 1. The van der Waals surface area contributed by atoms with Crippen LogP contribution in [0.15, 0.2) is 22.2 Å². The Morgan fingerprint density at radius 2 is 1.80 bits per heavy atom. The zero-order chi connectivity index (χ0) is 28.9. The van der Waals surface area contributed by atoms with Gasteiger partial charge in [0.25, 0.3) is 5.56 Å². The monoisotopic (exact) mass is 624 g/mol. The first-order valence-electron chi connectivity index (χ1n) is 11.6. The SMILES string of the molecule is Cc1nc2c(ncn2[C@@H]2O[C@H](CO)[C@H](OP(=O)(O)OC[C@H]3O[C@@H](n4cnc(N)nc4=O)C(Cl)[C@H]3O)C2Cl)c(=O)[nH]1. The molecule has 0 aromatic carbocycles. The largest absolute Gasteiger partial charge is 0.472 e. The number of phosphoric ester groups is 1. The summed E-state index contributed by atoms with van der Waals surface area (Å²) in [7, 11) is -4.92. The Morgan fingerprint density at radius 1 is 1.12 bits per heavy atom. The molecule has 0 spiro atoms. The van der Waals surface area contributed by atoms with Gasteiger partial charge in [-0.25, -0.2) is 24.3 Å². The molecule has 18 nitrogen and oxygen atoms in total. The van der Waals surface area contributed by atoms with Crippen molar-refractivity contribution in [2.45, 2.75) is 54.5 Å². The molecule has 3 aromatic rings. The number of aliphatic hydroxyl groups is 2. The number of nitrogen functional groups attached to an aromatic ring is 1. The molecule has 0 amide bonds. The zero-order valence-corrected chi connectivity index (χ0v) is 22.8. The van der Waals surface area contributed by atoms with Crippen molar-refractivity contribution in [3.05, 3.63) is 39.3 Å². The summed E-state index contributed by atoms with van der Waals surface area (Å²) >= 11 is 12.7. The number of hydrogen-bond donors (Lipinski definition) is 5. The minimum Gasteiger partial charge on any atom is -0.394 e. The van der Waals surface area contributed by atoms with Gasteiger partial charge in [-0.05, 0) is 6.92 Å². The molecule has 0 aliphatic carbocycles. The van der Waals surface area contributed by atoms with E-state index in [0.29, 0.717) is 5.82 Å². The van der Waals surface area contributed by atoms with Crippen molar-refractivity contribution in [3.63, 3.8) is 0 Å². The number of ether oxygens (including phenoxy) is 2. The molecule has 5 heterocycles. The number of aromatic nitrogens is 7. The van der Waals surface area contributed by atoms with Gasteiger partial charge in [0.1, 0.15) is 47.3 Å². The maximum absolute atomic E-state index is 12.8. The van der Waals surface area contributed by atoms with Crippen LogP contribution in [0.1, 0.15) is 18.3 Å². The number of phosphoric acid groups is 1. The predicted octanol–water partition coefficient (Wildman–Crippen LogP) is -1.47. The molecule has 0 bridgehead atoms. The first-order chi connectivity index (χ1) is 18.9. The molecule has 40 heavy (non-hydrogen) atoms. The number of aryl methyl sites for hydroxylation is 1. The van der Waals surface area contributed by atoms with Gasteiger partial charge >= 0.3 is 13.5 Å². The van der Waals surface area contributed by atoms with Gasteiger partial charge in [-0.2, -0.15) is 4.98 Å². The second-order valence-electron chi connectivity index (χ2n) is 8.91. The van der Waals surface area contributed by atoms with Crippen LogP contribution >= 0.6 is 31.0 Å². The minimum atomic E-state index is -4.92. The third-order valence-corrected chi connectivity index (χ3v) is 8.16. The quantitative estimate of drug-likeness (QED) is 0.141. The lowest BCUT2D eigenvalue weighted by Gasteiger charge is -2.23. The summed E-state index contributed by atoms with van der Waals surface area (Å²) in [4.78, 5) is 52.6. The van der Waals surface area contributed by atoms with E-state index in [2.05, 4.69) is 24.9 Å². The van der Waals surface area contributed by atoms with Gasteiger partial charge in [0, 0.05) is 0 Å². The number of alkyl halides is 2. The normalized spacial score (nSPS) is 32.0. The van der Waals surface area contributed by atoms with E-state index >= 15 is 0 Å². The van der Waals surface area contributed by atoms with Crippen molar-refractivity contribution in [1.29, 1.82) is 0 Å². The lowest BCUT2D eigenvalue weighted by Crippen LogP contribution is -2.34. The number of H-pyrrole nitrogens is 1. The van der Waals surface area contributed by atoms with Crippen molar-refractivity contribution in [3.8, 4) is 0 Å². The van der Waals surface area contributed by atoms with Crippen LogP contribution in [0.4, 0.5) is 5.95 Å². The fourth-order valence-corrected chi connectivity index (χ4v) is 6.14. The van der Waals surface area contributed by atoms with Crippen LogP contribution in [-0.4, -0.2) is 97.5 Å². The van der Waals surface area contributed by atoms with Gasteiger partial charge in [0.15, 0.2) is 23.6 Å². The van der Waals surface area contributed by atoms with Crippen LogP contribution in [-0.2, 0) is 23.1 Å². The van der Waals surface area contributed by atoms with E-state index < -0.39 is 79.9 Å². The summed E-state index contributed by atoms with van der Waals surface area (Å²) in [5, 5.41) is 17.9. The van der Waals surface area contributed by atoms with Crippen molar-refractivity contribution in [2.24, 2.45) is 0 Å². The van der Waals surface area contributed by atoms with Crippen molar-refractivity contribution >= 4 is 48.1 Å². The van der Waals surface area contributed by atoms with E-state index in [-0.39, 0.29) is 17.1 Å². The fourth-order valence-electron chi connectivity index (χ4n) is 4.36. The topological polar surface area (TPSA) is 252 Å². The maximum Gasteiger partial charge on any atom is 0.472 e. The molecule has 218 valence electrons. The zero-order valence-electron chi connectivity index (χ0n) is 20.4. The maximum atomic E-state index is 12.8. The number of anilines is 1. The number of nitrogens with zero attached hydrogens (tertiary/aromatic N) is 6. The second-order valence-corrected chi connectivity index (χ2v) is 11.3. The highest BCUT2D eigenvalue weighted by molar-refractivity contribution is 7.47. The number of hydrogen-bond acceptors (Lipinski definition) is 14. The Labute approximate surface area is 233 Å². The number of aliphatic hydroxyl groups excluding tert-OH is 2. The number of imidazole rings is 1. The van der Waals surface area contributed by atoms with Crippen LogP contribution in [0.5, 0.6) is 0 Å². The Hall–Kier alpha value is -2.51. The van der Waals surface area contributed by atoms with Gasteiger partial charge in [0.05, 0.1) is 19.5 Å². The third kappa shape index (κ3) is 5.39. The Balaban J connectivity index is 1.28. The van der Waals surface area contributed by atoms with Gasteiger partial charge < -0.3 is 35.3 Å². The van der Waals surface area contributed by atoms with Gasteiger partial charge in [-0.3, -0.25) is 23.0 Å². The molecule has 2 fully saturated rings. The molecule has 2 saturated heterocycles. The summed E-state index contributed by atoms with van der Waals surface area (Å²) in [6.07, 6.45) is -5.30. The Morgan fingerprint density at radius 3 is 2.50 bits per heavy atom. The predicted molar refractivity (Wildman–Crippen MR) is 134 cm³/mol. The lowest BCUT2D eigenvalue weighted by molar-refractivity contribution is -0.0567. The van der Waals surface area contributed by atoms with E-state index in [1.165, 1.54) is 10.9 Å². The molecule has 0 radical (unpaired) electrons. The molecule has 2 aliphatic heterocycles. The van der Waals surface area contributed by atoms with E-state index in [0.717, 1.165) is 10.9 Å².